The van der Waals surface area contributed by atoms with Crippen LogP contribution in [-0.2, 0) is 30.7 Å². The standard InChI is InChI=1S/C14H19N3O7S/c1-23-6-5-17-13(19)3-2-11(16-17)14(20)24-8-12(18)15-10-4-7-25(21,22)9-10/h2-3,10H,4-9H2,1H3,(H,15,18)/t10-/m1/s1. The minimum Gasteiger partial charge on any atom is -0.451 e. The first-order chi connectivity index (χ1) is 11.8. The Morgan fingerprint density at radius 1 is 1.40 bits per heavy atom. The molecule has 1 atom stereocenters. The van der Waals surface area contributed by atoms with Crippen LogP contribution in [0.5, 0.6) is 0 Å². The minimum absolute atomic E-state index is 0.0324. The molecule has 138 valence electrons. The second kappa shape index (κ2) is 8.21. The van der Waals surface area contributed by atoms with Gasteiger partial charge < -0.3 is 14.8 Å². The lowest BCUT2D eigenvalue weighted by molar-refractivity contribution is -0.124. The van der Waals surface area contributed by atoms with Gasteiger partial charge in [0.05, 0.1) is 24.7 Å². The molecule has 0 unspecified atom stereocenters. The highest BCUT2D eigenvalue weighted by Crippen LogP contribution is 2.11. The van der Waals surface area contributed by atoms with Crippen LogP contribution in [0.1, 0.15) is 16.9 Å². The predicted molar refractivity (Wildman–Crippen MR) is 85.9 cm³/mol. The molecule has 1 aromatic heterocycles. The van der Waals surface area contributed by atoms with Gasteiger partial charge in [-0.05, 0) is 12.5 Å². The average Bonchev–Trinajstić information content (AvgIpc) is 2.90. The van der Waals surface area contributed by atoms with Crippen LogP contribution < -0.4 is 10.9 Å². The molecule has 2 rings (SSSR count). The molecule has 0 spiro atoms. The Bertz CT molecular complexity index is 803. The first-order valence-electron chi connectivity index (χ1n) is 7.55. The smallest absolute Gasteiger partial charge is 0.359 e. The summed E-state index contributed by atoms with van der Waals surface area (Å²) in [7, 11) is -1.64. The van der Waals surface area contributed by atoms with E-state index in [1.807, 2.05) is 0 Å². The van der Waals surface area contributed by atoms with Crippen molar-refractivity contribution in [2.75, 3.05) is 31.8 Å². The highest BCUT2D eigenvalue weighted by Gasteiger charge is 2.29. The largest absolute Gasteiger partial charge is 0.451 e. The molecule has 25 heavy (non-hydrogen) atoms. The SMILES string of the molecule is COCCn1nc(C(=O)OCC(=O)N[C@@H]2CCS(=O)(=O)C2)ccc1=O. The van der Waals surface area contributed by atoms with E-state index in [1.54, 1.807) is 0 Å². The summed E-state index contributed by atoms with van der Waals surface area (Å²) >= 11 is 0. The van der Waals surface area contributed by atoms with Gasteiger partial charge in [-0.25, -0.2) is 17.9 Å². The molecule has 1 amide bonds. The number of amides is 1. The zero-order chi connectivity index (χ0) is 18.4. The summed E-state index contributed by atoms with van der Waals surface area (Å²) < 4.78 is 33.4. The van der Waals surface area contributed by atoms with E-state index in [0.29, 0.717) is 6.42 Å². The van der Waals surface area contributed by atoms with Crippen LogP contribution in [0.15, 0.2) is 16.9 Å². The van der Waals surface area contributed by atoms with Crippen molar-refractivity contribution >= 4 is 21.7 Å². The maximum absolute atomic E-state index is 11.9. The van der Waals surface area contributed by atoms with Crippen molar-refractivity contribution in [2.45, 2.75) is 19.0 Å². The van der Waals surface area contributed by atoms with Crippen molar-refractivity contribution in [2.24, 2.45) is 0 Å². The minimum atomic E-state index is -3.11. The number of nitrogens with one attached hydrogen (secondary N) is 1. The van der Waals surface area contributed by atoms with Crippen molar-refractivity contribution in [3.8, 4) is 0 Å². The first-order valence-corrected chi connectivity index (χ1v) is 9.37. The molecule has 1 aliphatic rings. The molecule has 0 radical (unpaired) electrons. The van der Waals surface area contributed by atoms with Crippen LogP contribution >= 0.6 is 0 Å². The molecule has 11 heteroatoms. The summed E-state index contributed by atoms with van der Waals surface area (Å²) in [5.74, 6) is -1.54. The number of methoxy groups -OCH3 is 1. The highest BCUT2D eigenvalue weighted by molar-refractivity contribution is 7.91. The third-order valence-corrected chi connectivity index (χ3v) is 5.28. The van der Waals surface area contributed by atoms with Crippen molar-refractivity contribution in [1.82, 2.24) is 15.1 Å². The third-order valence-electron chi connectivity index (χ3n) is 3.51. The third kappa shape index (κ3) is 5.64. The molecule has 1 N–H and O–H groups in total. The summed E-state index contributed by atoms with van der Waals surface area (Å²) in [5.41, 5.74) is -0.513. The van der Waals surface area contributed by atoms with Crippen LogP contribution in [0, 0.1) is 0 Å². The number of hydrogen-bond donors (Lipinski definition) is 1. The Labute approximate surface area is 144 Å². The number of carbonyl (C=O) groups excluding carboxylic acids is 2. The molecule has 1 aliphatic heterocycles. The van der Waals surface area contributed by atoms with Gasteiger partial charge in [-0.2, -0.15) is 5.10 Å². The summed E-state index contributed by atoms with van der Waals surface area (Å²) in [6, 6.07) is 1.91. The maximum atomic E-state index is 11.9. The molecular weight excluding hydrogens is 354 g/mol. The monoisotopic (exact) mass is 373 g/mol. The second-order valence-corrected chi connectivity index (χ2v) is 7.75. The summed E-state index contributed by atoms with van der Waals surface area (Å²) in [6.07, 6.45) is 0.341. The fourth-order valence-corrected chi connectivity index (χ4v) is 3.95. The molecular formula is C14H19N3O7S. The number of rotatable bonds is 7. The van der Waals surface area contributed by atoms with Gasteiger partial charge >= 0.3 is 5.97 Å². The molecule has 0 aromatic carbocycles. The molecule has 0 saturated carbocycles. The topological polar surface area (TPSA) is 134 Å². The van der Waals surface area contributed by atoms with Crippen molar-refractivity contribution in [3.05, 3.63) is 28.2 Å². The zero-order valence-electron chi connectivity index (χ0n) is 13.6. The Kier molecular flexibility index (Phi) is 6.26. The number of sulfone groups is 1. The predicted octanol–water partition coefficient (Wildman–Crippen LogP) is -1.65. The van der Waals surface area contributed by atoms with Crippen LogP contribution in [0.25, 0.3) is 0 Å². The van der Waals surface area contributed by atoms with E-state index in [0.717, 1.165) is 4.68 Å². The van der Waals surface area contributed by atoms with Crippen molar-refractivity contribution in [3.63, 3.8) is 0 Å². The lowest BCUT2D eigenvalue weighted by Crippen LogP contribution is -2.38. The van der Waals surface area contributed by atoms with Crippen LogP contribution in [-0.4, -0.2) is 67.9 Å². The van der Waals surface area contributed by atoms with Gasteiger partial charge in [0.2, 0.25) is 0 Å². The first kappa shape index (κ1) is 19.1. The van der Waals surface area contributed by atoms with E-state index in [9.17, 15) is 22.8 Å². The molecule has 1 fully saturated rings. The van der Waals surface area contributed by atoms with Gasteiger partial charge in [0.1, 0.15) is 0 Å². The number of carbonyl (C=O) groups is 2. The molecule has 0 bridgehead atoms. The van der Waals surface area contributed by atoms with E-state index < -0.39 is 39.9 Å². The maximum Gasteiger partial charge on any atom is 0.359 e. The Morgan fingerprint density at radius 2 is 2.16 bits per heavy atom. The van der Waals surface area contributed by atoms with E-state index in [-0.39, 0.29) is 30.4 Å². The van der Waals surface area contributed by atoms with Crippen LogP contribution in [0.2, 0.25) is 0 Å². The number of nitrogens with zero attached hydrogens (tertiary/aromatic N) is 2. The molecule has 1 saturated heterocycles. The normalized spacial score (nSPS) is 18.7. The van der Waals surface area contributed by atoms with Gasteiger partial charge in [-0.1, -0.05) is 0 Å². The number of ether oxygens (including phenoxy) is 2. The Morgan fingerprint density at radius 3 is 2.80 bits per heavy atom. The van der Waals surface area contributed by atoms with Gasteiger partial charge in [-0.3, -0.25) is 9.59 Å². The fraction of sp³-hybridized carbons (Fsp3) is 0.571. The Hall–Kier alpha value is -2.27. The molecule has 2 heterocycles. The van der Waals surface area contributed by atoms with E-state index >= 15 is 0 Å². The van der Waals surface area contributed by atoms with Crippen molar-refractivity contribution < 1.29 is 27.5 Å². The van der Waals surface area contributed by atoms with E-state index in [1.165, 1.54) is 19.2 Å². The summed E-state index contributed by atoms with van der Waals surface area (Å²) in [5, 5.41) is 6.35. The Balaban J connectivity index is 1.87. The van der Waals surface area contributed by atoms with Crippen molar-refractivity contribution in [1.29, 1.82) is 0 Å². The second-order valence-electron chi connectivity index (χ2n) is 5.52. The highest BCUT2D eigenvalue weighted by atomic mass is 32.2. The number of esters is 1. The zero-order valence-corrected chi connectivity index (χ0v) is 14.5. The molecule has 10 nitrogen and oxygen atoms in total. The number of hydrogen-bond acceptors (Lipinski definition) is 8. The lowest BCUT2D eigenvalue weighted by Gasteiger charge is -2.11. The average molecular weight is 373 g/mol. The van der Waals surface area contributed by atoms with Crippen LogP contribution in [0.3, 0.4) is 0 Å². The van der Waals surface area contributed by atoms with Gasteiger partial charge in [0.15, 0.2) is 22.1 Å². The number of aromatic nitrogens is 2. The molecule has 1 aromatic rings. The molecule has 0 aliphatic carbocycles. The van der Waals surface area contributed by atoms with Gasteiger partial charge in [0, 0.05) is 19.2 Å². The van der Waals surface area contributed by atoms with Crippen LogP contribution in [0.4, 0.5) is 0 Å². The van der Waals surface area contributed by atoms with E-state index in [2.05, 4.69) is 10.4 Å². The fourth-order valence-electron chi connectivity index (χ4n) is 2.28. The van der Waals surface area contributed by atoms with E-state index in [4.69, 9.17) is 9.47 Å². The quantitative estimate of drug-likeness (QED) is 0.562. The summed E-state index contributed by atoms with van der Waals surface area (Å²) in [4.78, 5) is 35.2. The van der Waals surface area contributed by atoms with Gasteiger partial charge in [-0.15, -0.1) is 0 Å². The van der Waals surface area contributed by atoms with Gasteiger partial charge in [0.25, 0.3) is 11.5 Å². The lowest BCUT2D eigenvalue weighted by atomic mass is 10.2. The summed E-state index contributed by atoms with van der Waals surface area (Å²) in [6.45, 7) is -0.139.